The Morgan fingerprint density at radius 1 is 1.36 bits per heavy atom. The van der Waals surface area contributed by atoms with Crippen LogP contribution >= 0.6 is 7.26 Å². The number of rotatable bonds is 1. The van der Waals surface area contributed by atoms with E-state index in [0.717, 1.165) is 5.92 Å². The van der Waals surface area contributed by atoms with Gasteiger partial charge in [-0.25, -0.2) is 0 Å². The van der Waals surface area contributed by atoms with E-state index in [1.165, 1.54) is 19.3 Å². The van der Waals surface area contributed by atoms with Crippen molar-refractivity contribution >= 4 is 7.26 Å². The summed E-state index contributed by atoms with van der Waals surface area (Å²) in [5.41, 5.74) is 1.74. The Kier molecular flexibility index (Phi) is 2.75. The summed E-state index contributed by atoms with van der Waals surface area (Å²) in [5, 5.41) is 0. The molecule has 0 aliphatic heterocycles. The van der Waals surface area contributed by atoms with Crippen LogP contribution in [0.25, 0.3) is 0 Å². The molecule has 1 fully saturated rings. The molecule has 0 N–H and O–H groups in total. The van der Waals surface area contributed by atoms with Gasteiger partial charge < -0.3 is 0 Å². The highest BCUT2D eigenvalue weighted by molar-refractivity contribution is 7.76. The van der Waals surface area contributed by atoms with Crippen molar-refractivity contribution in [1.29, 1.82) is 0 Å². The SMILES string of the molecule is CC1CCC/C1=C\[P+](C)(C)C. The molecular weight excluding hydrogens is 151 g/mol. The Hall–Kier alpha value is 0.170. The Morgan fingerprint density at radius 3 is 2.36 bits per heavy atom. The Balaban J connectivity index is 2.65. The molecule has 1 rings (SSSR count). The fourth-order valence-electron chi connectivity index (χ4n) is 1.73. The van der Waals surface area contributed by atoms with E-state index in [4.69, 9.17) is 0 Å². The van der Waals surface area contributed by atoms with Crippen LogP contribution in [0.5, 0.6) is 0 Å². The van der Waals surface area contributed by atoms with E-state index in [9.17, 15) is 0 Å². The van der Waals surface area contributed by atoms with Gasteiger partial charge in [-0.3, -0.25) is 0 Å². The first-order valence-electron chi connectivity index (χ1n) is 4.52. The Bertz CT molecular complexity index is 162. The van der Waals surface area contributed by atoms with Gasteiger partial charge in [0.15, 0.2) is 0 Å². The molecule has 11 heavy (non-hydrogen) atoms. The third-order valence-corrected chi connectivity index (χ3v) is 3.39. The summed E-state index contributed by atoms with van der Waals surface area (Å²) in [4.78, 5) is 0. The number of allylic oxidation sites excluding steroid dienone is 1. The first-order chi connectivity index (χ1) is 4.99. The minimum absolute atomic E-state index is 0.664. The largest absolute Gasteiger partial charge is 0.0586 e. The van der Waals surface area contributed by atoms with Crippen LogP contribution in [0.2, 0.25) is 0 Å². The highest BCUT2D eigenvalue weighted by Crippen LogP contribution is 2.51. The van der Waals surface area contributed by atoms with Crippen LogP contribution in [-0.4, -0.2) is 20.0 Å². The predicted molar refractivity (Wildman–Crippen MR) is 55.8 cm³/mol. The van der Waals surface area contributed by atoms with Crippen LogP contribution in [0.4, 0.5) is 0 Å². The highest BCUT2D eigenvalue weighted by Gasteiger charge is 2.22. The summed E-state index contributed by atoms with van der Waals surface area (Å²) >= 11 is 0. The van der Waals surface area contributed by atoms with Crippen LogP contribution < -0.4 is 0 Å². The van der Waals surface area contributed by atoms with Gasteiger partial charge >= 0.3 is 0 Å². The van der Waals surface area contributed by atoms with Crippen molar-refractivity contribution < 1.29 is 0 Å². The molecule has 1 atom stereocenters. The van der Waals surface area contributed by atoms with Gasteiger partial charge in [0.2, 0.25) is 0 Å². The molecule has 1 aliphatic carbocycles. The molecule has 0 bridgehead atoms. The molecule has 64 valence electrons. The highest BCUT2D eigenvalue weighted by atomic mass is 31.2. The number of hydrogen-bond acceptors (Lipinski definition) is 0. The van der Waals surface area contributed by atoms with Gasteiger partial charge in [-0.15, -0.1) is 0 Å². The molecule has 1 heteroatoms. The Morgan fingerprint density at radius 2 is 2.00 bits per heavy atom. The quantitative estimate of drug-likeness (QED) is 0.529. The van der Waals surface area contributed by atoms with Crippen molar-refractivity contribution in [3.05, 3.63) is 11.4 Å². The Labute approximate surface area is 71.4 Å². The summed E-state index contributed by atoms with van der Waals surface area (Å²) in [6, 6.07) is 0. The van der Waals surface area contributed by atoms with E-state index < -0.39 is 7.26 Å². The lowest BCUT2D eigenvalue weighted by molar-refractivity contribution is 0.697. The number of hydrogen-bond donors (Lipinski definition) is 0. The third-order valence-electron chi connectivity index (χ3n) is 2.29. The summed E-state index contributed by atoms with van der Waals surface area (Å²) in [6.45, 7) is 9.55. The molecule has 0 radical (unpaired) electrons. The second-order valence-electron chi connectivity index (χ2n) is 4.61. The van der Waals surface area contributed by atoms with Crippen LogP contribution in [0, 0.1) is 5.92 Å². The van der Waals surface area contributed by atoms with Crippen molar-refractivity contribution in [2.45, 2.75) is 26.2 Å². The van der Waals surface area contributed by atoms with Crippen molar-refractivity contribution in [3.8, 4) is 0 Å². The van der Waals surface area contributed by atoms with Gasteiger partial charge in [0.05, 0.1) is 25.8 Å². The minimum atomic E-state index is -0.664. The average Bonchev–Trinajstić information content (AvgIpc) is 2.12. The van der Waals surface area contributed by atoms with E-state index in [0.29, 0.717) is 0 Å². The molecule has 0 amide bonds. The van der Waals surface area contributed by atoms with Crippen LogP contribution in [0.15, 0.2) is 11.4 Å². The van der Waals surface area contributed by atoms with Gasteiger partial charge in [0, 0.05) is 7.26 Å². The van der Waals surface area contributed by atoms with Gasteiger partial charge in [0.25, 0.3) is 0 Å². The predicted octanol–water partition coefficient (Wildman–Crippen LogP) is 3.60. The lowest BCUT2D eigenvalue weighted by Gasteiger charge is -2.09. The lowest BCUT2D eigenvalue weighted by Crippen LogP contribution is -1.90. The molecule has 1 saturated carbocycles. The molecule has 0 spiro atoms. The fraction of sp³-hybridized carbons (Fsp3) is 0.800. The van der Waals surface area contributed by atoms with E-state index in [2.05, 4.69) is 32.7 Å². The third kappa shape index (κ3) is 2.95. The zero-order valence-corrected chi connectivity index (χ0v) is 9.12. The molecule has 0 aromatic rings. The van der Waals surface area contributed by atoms with Crippen LogP contribution in [0.1, 0.15) is 26.2 Å². The molecular formula is C10H20P+. The fourth-order valence-corrected chi connectivity index (χ4v) is 3.11. The maximum Gasteiger partial charge on any atom is 0.0574 e. The molecule has 0 aromatic carbocycles. The summed E-state index contributed by atoms with van der Waals surface area (Å²) < 4.78 is 0. The van der Waals surface area contributed by atoms with E-state index in [1.54, 1.807) is 5.57 Å². The minimum Gasteiger partial charge on any atom is -0.0586 e. The van der Waals surface area contributed by atoms with Gasteiger partial charge in [-0.1, -0.05) is 6.92 Å². The first-order valence-corrected chi connectivity index (χ1v) is 7.72. The van der Waals surface area contributed by atoms with Crippen molar-refractivity contribution in [3.63, 3.8) is 0 Å². The second-order valence-corrected chi connectivity index (χ2v) is 9.10. The maximum absolute atomic E-state index is 2.57. The summed E-state index contributed by atoms with van der Waals surface area (Å²) in [6.07, 6.45) is 4.22. The topological polar surface area (TPSA) is 0 Å². The summed E-state index contributed by atoms with van der Waals surface area (Å²) in [5.74, 6) is 3.46. The first kappa shape index (κ1) is 9.26. The monoisotopic (exact) mass is 171 g/mol. The van der Waals surface area contributed by atoms with E-state index in [-0.39, 0.29) is 0 Å². The smallest absolute Gasteiger partial charge is 0.0574 e. The molecule has 1 unspecified atom stereocenters. The van der Waals surface area contributed by atoms with Crippen molar-refractivity contribution in [2.24, 2.45) is 5.92 Å². The summed E-state index contributed by atoms with van der Waals surface area (Å²) in [7, 11) is -0.664. The van der Waals surface area contributed by atoms with Crippen LogP contribution in [-0.2, 0) is 0 Å². The zero-order chi connectivity index (χ0) is 8.48. The molecule has 0 heterocycles. The van der Waals surface area contributed by atoms with Gasteiger partial charge in [-0.2, -0.15) is 0 Å². The molecule has 0 aromatic heterocycles. The molecule has 0 saturated heterocycles. The van der Waals surface area contributed by atoms with Crippen LogP contribution in [0.3, 0.4) is 0 Å². The van der Waals surface area contributed by atoms with E-state index >= 15 is 0 Å². The normalized spacial score (nSPS) is 29.8. The zero-order valence-electron chi connectivity index (χ0n) is 8.22. The van der Waals surface area contributed by atoms with Gasteiger partial charge in [-0.05, 0) is 30.8 Å². The van der Waals surface area contributed by atoms with E-state index in [1.807, 2.05) is 0 Å². The average molecular weight is 171 g/mol. The van der Waals surface area contributed by atoms with Crippen molar-refractivity contribution in [1.82, 2.24) is 0 Å². The van der Waals surface area contributed by atoms with Gasteiger partial charge in [0.1, 0.15) is 0 Å². The van der Waals surface area contributed by atoms with Crippen molar-refractivity contribution in [2.75, 3.05) is 20.0 Å². The second kappa shape index (κ2) is 3.27. The molecule has 1 aliphatic rings. The standard InChI is InChI=1S/C10H20P/c1-9-6-5-7-10(9)8-11(2,3)4/h8-9H,5-7H2,1-4H3/q+1/b10-8+. The lowest BCUT2D eigenvalue weighted by atomic mass is 10.1. The molecule has 0 nitrogen and oxygen atoms in total. The maximum atomic E-state index is 2.57.